The Morgan fingerprint density at radius 1 is 1.19 bits per heavy atom. The van der Waals surface area contributed by atoms with Crippen molar-refractivity contribution in [2.75, 3.05) is 7.11 Å². The quantitative estimate of drug-likeness (QED) is 0.830. The Labute approximate surface area is 153 Å². The molecule has 0 saturated heterocycles. The molecule has 136 valence electrons. The summed E-state index contributed by atoms with van der Waals surface area (Å²) < 4.78 is 12.1. The number of hydrazone groups is 1. The van der Waals surface area contributed by atoms with Gasteiger partial charge >= 0.3 is 0 Å². The van der Waals surface area contributed by atoms with Crippen LogP contribution < -0.4 is 14.9 Å². The van der Waals surface area contributed by atoms with Crippen molar-refractivity contribution in [3.05, 3.63) is 35.4 Å². The molecule has 0 aromatic heterocycles. The number of benzene rings is 1. The first-order valence-corrected chi connectivity index (χ1v) is 9.62. The molecule has 0 bridgehead atoms. The molecule has 2 atom stereocenters. The van der Waals surface area contributed by atoms with E-state index in [0.717, 1.165) is 54.9 Å². The minimum Gasteiger partial charge on any atom is -0.493 e. The summed E-state index contributed by atoms with van der Waals surface area (Å²) in [6, 6.07) is 4.08. The van der Waals surface area contributed by atoms with Crippen LogP contribution in [0.25, 0.3) is 0 Å². The molecule has 26 heavy (non-hydrogen) atoms. The zero-order chi connectivity index (χ0) is 17.7. The van der Waals surface area contributed by atoms with E-state index in [1.165, 1.54) is 18.4 Å². The average molecular weight is 352 g/mol. The molecule has 1 aromatic carbocycles. The van der Waals surface area contributed by atoms with Gasteiger partial charge in [0.1, 0.15) is 5.60 Å². The third kappa shape index (κ3) is 2.29. The fourth-order valence-electron chi connectivity index (χ4n) is 5.11. The van der Waals surface area contributed by atoms with Crippen molar-refractivity contribution in [1.29, 1.82) is 0 Å². The van der Waals surface area contributed by atoms with E-state index >= 15 is 0 Å². The molecule has 1 spiro atoms. The Hall–Kier alpha value is -2.30. The summed E-state index contributed by atoms with van der Waals surface area (Å²) in [7, 11) is 1.69. The Bertz CT molecular complexity index is 821. The molecular weight excluding hydrogens is 328 g/mol. The fraction of sp³-hybridized carbons (Fsp3) is 0.524. The van der Waals surface area contributed by atoms with E-state index in [-0.39, 0.29) is 23.3 Å². The first kappa shape index (κ1) is 15.9. The molecule has 1 amide bonds. The molecule has 5 rings (SSSR count). The lowest BCUT2D eigenvalue weighted by molar-refractivity contribution is -0.126. The van der Waals surface area contributed by atoms with Crippen LogP contribution in [0.2, 0.25) is 0 Å². The first-order chi connectivity index (χ1) is 12.7. The number of rotatable bonds is 2. The van der Waals surface area contributed by atoms with Crippen LogP contribution >= 0.6 is 0 Å². The maximum absolute atomic E-state index is 12.2. The van der Waals surface area contributed by atoms with E-state index in [1.807, 2.05) is 6.07 Å². The zero-order valence-corrected chi connectivity index (χ0v) is 15.1. The number of nitrogens with zero attached hydrogens (tertiary/aromatic N) is 1. The molecule has 1 fully saturated rings. The molecule has 5 heteroatoms. The van der Waals surface area contributed by atoms with Crippen molar-refractivity contribution in [3.8, 4) is 11.5 Å². The van der Waals surface area contributed by atoms with Gasteiger partial charge in [0.2, 0.25) is 5.91 Å². The predicted molar refractivity (Wildman–Crippen MR) is 98.6 cm³/mol. The SMILES string of the molecule is COc1ccc(C2=NNC(=O)[C@H]3CC=CC[C@@H]23)c2c1OC1(CCCC1)C2. The molecule has 0 unspecified atom stereocenters. The number of fused-ring (bicyclic) bond motifs is 2. The molecular formula is C21H24N2O3. The molecule has 2 heterocycles. The van der Waals surface area contributed by atoms with Gasteiger partial charge in [0.25, 0.3) is 0 Å². The van der Waals surface area contributed by atoms with Gasteiger partial charge in [-0.25, -0.2) is 5.43 Å². The molecule has 2 aliphatic heterocycles. The maximum Gasteiger partial charge on any atom is 0.244 e. The third-order valence-electron chi connectivity index (χ3n) is 6.46. The summed E-state index contributed by atoms with van der Waals surface area (Å²) in [4.78, 5) is 12.2. The van der Waals surface area contributed by atoms with E-state index < -0.39 is 0 Å². The second-order valence-electron chi connectivity index (χ2n) is 7.92. The highest BCUT2D eigenvalue weighted by Crippen LogP contribution is 2.50. The van der Waals surface area contributed by atoms with Gasteiger partial charge in [-0.2, -0.15) is 5.10 Å². The number of ether oxygens (including phenoxy) is 2. The largest absolute Gasteiger partial charge is 0.493 e. The predicted octanol–water partition coefficient (Wildman–Crippen LogP) is 3.36. The van der Waals surface area contributed by atoms with Gasteiger partial charge in [-0.15, -0.1) is 0 Å². The van der Waals surface area contributed by atoms with Gasteiger partial charge in [-0.05, 0) is 50.7 Å². The highest BCUT2D eigenvalue weighted by atomic mass is 16.5. The van der Waals surface area contributed by atoms with Gasteiger partial charge in [-0.3, -0.25) is 4.79 Å². The lowest BCUT2D eigenvalue weighted by atomic mass is 9.75. The van der Waals surface area contributed by atoms with Crippen molar-refractivity contribution in [3.63, 3.8) is 0 Å². The van der Waals surface area contributed by atoms with Gasteiger partial charge in [-0.1, -0.05) is 12.2 Å². The van der Waals surface area contributed by atoms with Crippen molar-refractivity contribution in [2.24, 2.45) is 16.9 Å². The van der Waals surface area contributed by atoms with Crippen LogP contribution in [-0.2, 0) is 11.2 Å². The monoisotopic (exact) mass is 352 g/mol. The summed E-state index contributed by atoms with van der Waals surface area (Å²) in [5.74, 6) is 1.85. The van der Waals surface area contributed by atoms with Crippen LogP contribution in [0.4, 0.5) is 0 Å². The Balaban J connectivity index is 1.60. The van der Waals surface area contributed by atoms with Crippen LogP contribution in [0.15, 0.2) is 29.4 Å². The van der Waals surface area contributed by atoms with E-state index in [9.17, 15) is 4.79 Å². The van der Waals surface area contributed by atoms with Gasteiger partial charge in [0.15, 0.2) is 11.5 Å². The summed E-state index contributed by atoms with van der Waals surface area (Å²) in [5, 5.41) is 4.50. The number of nitrogens with one attached hydrogen (secondary N) is 1. The summed E-state index contributed by atoms with van der Waals surface area (Å²) >= 11 is 0. The maximum atomic E-state index is 12.2. The molecule has 1 saturated carbocycles. The minimum atomic E-state index is -0.0734. The van der Waals surface area contributed by atoms with Gasteiger partial charge in [0, 0.05) is 23.5 Å². The number of hydrogen-bond donors (Lipinski definition) is 1. The van der Waals surface area contributed by atoms with Crippen molar-refractivity contribution in [1.82, 2.24) is 5.43 Å². The van der Waals surface area contributed by atoms with E-state index in [0.29, 0.717) is 0 Å². The van der Waals surface area contributed by atoms with Crippen LogP contribution in [0.3, 0.4) is 0 Å². The Morgan fingerprint density at radius 2 is 1.96 bits per heavy atom. The number of amides is 1. The van der Waals surface area contributed by atoms with Gasteiger partial charge in [0.05, 0.1) is 18.7 Å². The van der Waals surface area contributed by atoms with E-state index in [2.05, 4.69) is 28.7 Å². The molecule has 0 radical (unpaired) electrons. The standard InChI is InChI=1S/C21H24N2O3/c1-25-17-9-8-14(16-12-21(26-19(16)17)10-4-5-11-21)18-13-6-2-3-7-15(13)20(24)23-22-18/h2-3,8-9,13,15H,4-7,10-12H2,1H3,(H,23,24)/t13-,15+/m1/s1. The molecule has 1 aromatic rings. The smallest absolute Gasteiger partial charge is 0.244 e. The Morgan fingerprint density at radius 3 is 2.73 bits per heavy atom. The lowest BCUT2D eigenvalue weighted by Gasteiger charge is -2.32. The normalized spacial score (nSPS) is 28.2. The highest BCUT2D eigenvalue weighted by molar-refractivity contribution is 6.08. The van der Waals surface area contributed by atoms with Crippen LogP contribution in [0.5, 0.6) is 11.5 Å². The average Bonchev–Trinajstić information content (AvgIpc) is 3.28. The third-order valence-corrected chi connectivity index (χ3v) is 6.46. The topological polar surface area (TPSA) is 59.9 Å². The van der Waals surface area contributed by atoms with E-state index in [4.69, 9.17) is 9.47 Å². The minimum absolute atomic E-state index is 0.0204. The number of methoxy groups -OCH3 is 1. The van der Waals surface area contributed by atoms with Crippen LogP contribution in [-0.4, -0.2) is 24.3 Å². The lowest BCUT2D eigenvalue weighted by Crippen LogP contribution is -2.43. The number of carbonyl (C=O) groups is 1. The highest BCUT2D eigenvalue weighted by Gasteiger charge is 2.46. The summed E-state index contributed by atoms with van der Waals surface area (Å²) in [6.45, 7) is 0. The Kier molecular flexibility index (Phi) is 3.59. The first-order valence-electron chi connectivity index (χ1n) is 9.62. The summed E-state index contributed by atoms with van der Waals surface area (Å²) in [6.07, 6.45) is 11.5. The molecule has 5 nitrogen and oxygen atoms in total. The second kappa shape index (κ2) is 5.86. The zero-order valence-electron chi connectivity index (χ0n) is 15.1. The number of hydrogen-bond acceptors (Lipinski definition) is 4. The van der Waals surface area contributed by atoms with E-state index in [1.54, 1.807) is 7.11 Å². The van der Waals surface area contributed by atoms with Crippen LogP contribution in [0, 0.1) is 11.8 Å². The number of carbonyl (C=O) groups excluding carboxylic acids is 1. The molecule has 4 aliphatic rings. The molecule has 1 N–H and O–H groups in total. The van der Waals surface area contributed by atoms with Crippen molar-refractivity contribution < 1.29 is 14.3 Å². The molecule has 2 aliphatic carbocycles. The van der Waals surface area contributed by atoms with Crippen molar-refractivity contribution in [2.45, 2.75) is 50.5 Å². The summed E-state index contributed by atoms with van der Waals surface area (Å²) in [5.41, 5.74) is 6.00. The van der Waals surface area contributed by atoms with Gasteiger partial charge < -0.3 is 9.47 Å². The fourth-order valence-corrected chi connectivity index (χ4v) is 5.11. The number of allylic oxidation sites excluding steroid dienone is 2. The second-order valence-corrected chi connectivity index (χ2v) is 7.92. The van der Waals surface area contributed by atoms with Crippen LogP contribution in [0.1, 0.15) is 49.7 Å². The van der Waals surface area contributed by atoms with Crippen molar-refractivity contribution >= 4 is 11.6 Å².